The second-order valence-electron chi connectivity index (χ2n) is 2.97. The van der Waals surface area contributed by atoms with E-state index < -0.39 is 0 Å². The summed E-state index contributed by atoms with van der Waals surface area (Å²) < 4.78 is 2.06. The fourth-order valence-electron chi connectivity index (χ4n) is 1.51. The molecule has 3 nitrogen and oxygen atoms in total. The minimum absolute atomic E-state index is 0.205. The molecule has 1 aliphatic heterocycles. The van der Waals surface area contributed by atoms with Crippen molar-refractivity contribution in [1.82, 2.24) is 9.55 Å². The number of carbonyl (C=O) groups excluding carboxylic acids is 1. The maximum absolute atomic E-state index is 10.5. The lowest BCUT2D eigenvalue weighted by Crippen LogP contribution is -2.19. The second-order valence-corrected chi connectivity index (χ2v) is 2.97. The highest BCUT2D eigenvalue weighted by Gasteiger charge is 2.16. The Balaban J connectivity index is 2.24. The molecule has 1 aromatic heterocycles. The van der Waals surface area contributed by atoms with E-state index in [0.29, 0.717) is 0 Å². The van der Waals surface area contributed by atoms with Crippen LogP contribution in [0.5, 0.6) is 0 Å². The van der Waals surface area contributed by atoms with E-state index in [0.717, 1.165) is 25.7 Å². The Morgan fingerprint density at radius 1 is 1.73 bits per heavy atom. The molecule has 1 aliphatic rings. The van der Waals surface area contributed by atoms with Crippen molar-refractivity contribution < 1.29 is 4.79 Å². The first-order chi connectivity index (χ1) is 5.40. The summed E-state index contributed by atoms with van der Waals surface area (Å²) in [5.74, 6) is 0.205. The van der Waals surface area contributed by atoms with Crippen molar-refractivity contribution in [2.45, 2.75) is 19.4 Å². The van der Waals surface area contributed by atoms with Crippen molar-refractivity contribution in [1.29, 1.82) is 0 Å². The van der Waals surface area contributed by atoms with Gasteiger partial charge in [-0.15, -0.1) is 0 Å². The molecule has 0 amide bonds. The van der Waals surface area contributed by atoms with Crippen LogP contribution >= 0.6 is 0 Å². The minimum Gasteiger partial charge on any atom is -0.334 e. The van der Waals surface area contributed by atoms with Crippen molar-refractivity contribution in [3.63, 3.8) is 0 Å². The van der Waals surface area contributed by atoms with Crippen LogP contribution in [-0.2, 0) is 17.8 Å². The van der Waals surface area contributed by atoms with Crippen LogP contribution in [0.1, 0.15) is 12.1 Å². The van der Waals surface area contributed by atoms with Gasteiger partial charge in [-0.05, 0) is 12.8 Å². The van der Waals surface area contributed by atoms with Gasteiger partial charge in [0, 0.05) is 24.4 Å². The summed E-state index contributed by atoms with van der Waals surface area (Å²) in [6.07, 6.45) is 6.69. The first-order valence-corrected chi connectivity index (χ1v) is 3.84. The number of imidazole rings is 1. The van der Waals surface area contributed by atoms with Gasteiger partial charge in [-0.2, -0.15) is 0 Å². The molecule has 11 heavy (non-hydrogen) atoms. The van der Waals surface area contributed by atoms with Gasteiger partial charge in [-0.1, -0.05) is 0 Å². The van der Waals surface area contributed by atoms with Gasteiger partial charge in [0.2, 0.25) is 0 Å². The van der Waals surface area contributed by atoms with E-state index in [9.17, 15) is 4.79 Å². The van der Waals surface area contributed by atoms with E-state index in [1.54, 1.807) is 6.33 Å². The smallest absolute Gasteiger partial charge is 0.124 e. The highest BCUT2D eigenvalue weighted by atomic mass is 16.1. The molecule has 1 unspecified atom stereocenters. The lowest BCUT2D eigenvalue weighted by atomic mass is 10.0. The first kappa shape index (κ1) is 6.58. The third-order valence-electron chi connectivity index (χ3n) is 2.19. The number of hydrogen-bond acceptors (Lipinski definition) is 2. The van der Waals surface area contributed by atoms with E-state index in [1.165, 1.54) is 5.69 Å². The fraction of sp³-hybridized carbons (Fsp3) is 0.500. The van der Waals surface area contributed by atoms with Gasteiger partial charge in [-0.3, -0.25) is 0 Å². The molecule has 0 fully saturated rings. The van der Waals surface area contributed by atoms with Gasteiger partial charge >= 0.3 is 0 Å². The van der Waals surface area contributed by atoms with Crippen molar-refractivity contribution in [2.24, 2.45) is 5.92 Å². The van der Waals surface area contributed by atoms with Gasteiger partial charge in [0.15, 0.2) is 0 Å². The summed E-state index contributed by atoms with van der Waals surface area (Å²) in [7, 11) is 0. The minimum atomic E-state index is 0.205. The Hall–Kier alpha value is -1.12. The Kier molecular flexibility index (Phi) is 1.49. The standard InChI is InChI=1S/C8H10N2O/c11-5-7-1-2-8-3-9-6-10(8)4-7/h3,5-7H,1-2,4H2. The molecule has 1 atom stereocenters. The number of aldehydes is 1. The third kappa shape index (κ3) is 1.06. The summed E-state index contributed by atoms with van der Waals surface area (Å²) in [6.45, 7) is 0.818. The zero-order valence-electron chi connectivity index (χ0n) is 6.23. The average molecular weight is 150 g/mol. The zero-order chi connectivity index (χ0) is 7.68. The molecule has 0 aliphatic carbocycles. The van der Waals surface area contributed by atoms with Gasteiger partial charge in [-0.25, -0.2) is 4.98 Å². The molecule has 0 saturated carbocycles. The van der Waals surface area contributed by atoms with Crippen molar-refractivity contribution in [2.75, 3.05) is 0 Å². The molecule has 0 saturated heterocycles. The third-order valence-corrected chi connectivity index (χ3v) is 2.19. The van der Waals surface area contributed by atoms with E-state index in [1.807, 2.05) is 6.20 Å². The van der Waals surface area contributed by atoms with Crippen molar-refractivity contribution >= 4 is 6.29 Å². The van der Waals surface area contributed by atoms with Crippen LogP contribution < -0.4 is 0 Å². The monoisotopic (exact) mass is 150 g/mol. The predicted molar refractivity (Wildman–Crippen MR) is 40.1 cm³/mol. The van der Waals surface area contributed by atoms with Gasteiger partial charge in [0.05, 0.1) is 6.33 Å². The van der Waals surface area contributed by atoms with Gasteiger partial charge in [0.1, 0.15) is 6.29 Å². The van der Waals surface area contributed by atoms with Crippen molar-refractivity contribution in [3.8, 4) is 0 Å². The Morgan fingerprint density at radius 3 is 3.45 bits per heavy atom. The summed E-state index contributed by atoms with van der Waals surface area (Å²) in [5, 5.41) is 0. The highest BCUT2D eigenvalue weighted by Crippen LogP contribution is 2.17. The predicted octanol–water partition coefficient (Wildman–Crippen LogP) is 0.644. The van der Waals surface area contributed by atoms with E-state index >= 15 is 0 Å². The van der Waals surface area contributed by atoms with Crippen LogP contribution in [0.2, 0.25) is 0 Å². The van der Waals surface area contributed by atoms with Crippen LogP contribution in [0.3, 0.4) is 0 Å². The lowest BCUT2D eigenvalue weighted by molar-refractivity contribution is -0.111. The Labute approximate surface area is 65.1 Å². The summed E-state index contributed by atoms with van der Waals surface area (Å²) in [6, 6.07) is 0. The van der Waals surface area contributed by atoms with Crippen LogP contribution in [-0.4, -0.2) is 15.8 Å². The molecule has 2 rings (SSSR count). The van der Waals surface area contributed by atoms with Crippen LogP contribution in [0.4, 0.5) is 0 Å². The molecule has 0 radical (unpaired) electrons. The van der Waals surface area contributed by atoms with E-state index in [4.69, 9.17) is 0 Å². The first-order valence-electron chi connectivity index (χ1n) is 3.84. The molecular weight excluding hydrogens is 140 g/mol. The number of nitrogens with zero attached hydrogens (tertiary/aromatic N) is 2. The number of carbonyl (C=O) groups is 1. The Bertz CT molecular complexity index is 267. The SMILES string of the molecule is O=CC1CCc2cncn2C1. The number of hydrogen-bond donors (Lipinski definition) is 0. The molecule has 1 aromatic rings. The topological polar surface area (TPSA) is 34.9 Å². The lowest BCUT2D eigenvalue weighted by Gasteiger charge is -2.18. The number of aromatic nitrogens is 2. The number of fused-ring (bicyclic) bond motifs is 1. The van der Waals surface area contributed by atoms with Crippen LogP contribution in [0.15, 0.2) is 12.5 Å². The molecular formula is C8H10N2O. The molecule has 0 N–H and O–H groups in total. The van der Waals surface area contributed by atoms with Gasteiger partial charge in [0.25, 0.3) is 0 Å². The summed E-state index contributed by atoms with van der Waals surface area (Å²) in [5.41, 5.74) is 1.25. The van der Waals surface area contributed by atoms with Crippen LogP contribution in [0.25, 0.3) is 0 Å². The Morgan fingerprint density at radius 2 is 2.64 bits per heavy atom. The molecule has 2 heterocycles. The zero-order valence-corrected chi connectivity index (χ0v) is 6.23. The maximum Gasteiger partial charge on any atom is 0.124 e. The quantitative estimate of drug-likeness (QED) is 0.551. The van der Waals surface area contributed by atoms with E-state index in [2.05, 4.69) is 9.55 Å². The van der Waals surface area contributed by atoms with Crippen molar-refractivity contribution in [3.05, 3.63) is 18.2 Å². The largest absolute Gasteiger partial charge is 0.334 e. The molecule has 0 aromatic carbocycles. The molecule has 58 valence electrons. The fourth-order valence-corrected chi connectivity index (χ4v) is 1.51. The number of aryl methyl sites for hydroxylation is 1. The average Bonchev–Trinajstić information content (AvgIpc) is 2.50. The normalized spacial score (nSPS) is 22.7. The molecule has 0 spiro atoms. The number of rotatable bonds is 1. The van der Waals surface area contributed by atoms with E-state index in [-0.39, 0.29) is 5.92 Å². The summed E-state index contributed by atoms with van der Waals surface area (Å²) >= 11 is 0. The molecule has 3 heteroatoms. The van der Waals surface area contributed by atoms with Gasteiger partial charge < -0.3 is 9.36 Å². The summed E-state index contributed by atoms with van der Waals surface area (Å²) in [4.78, 5) is 14.5. The highest BCUT2D eigenvalue weighted by molar-refractivity contribution is 5.53. The molecule has 0 bridgehead atoms. The second kappa shape index (κ2) is 2.49. The maximum atomic E-state index is 10.5. The van der Waals surface area contributed by atoms with Crippen LogP contribution in [0, 0.1) is 5.92 Å².